The molecule has 0 saturated heterocycles. The van der Waals surface area contributed by atoms with E-state index in [9.17, 15) is 10.1 Å². The molecule has 0 spiro atoms. The Labute approximate surface area is 142 Å². The minimum absolute atomic E-state index is 0.304. The number of nitrogens with one attached hydrogen (secondary N) is 1. The van der Waals surface area contributed by atoms with Crippen molar-refractivity contribution in [2.75, 3.05) is 5.32 Å². The van der Waals surface area contributed by atoms with Crippen LogP contribution in [0.1, 0.15) is 5.56 Å². The van der Waals surface area contributed by atoms with Gasteiger partial charge in [-0.2, -0.15) is 5.26 Å². The highest BCUT2D eigenvalue weighted by atomic mass is 127. The monoisotopic (exact) mass is 410 g/mol. The number of rotatable bonds is 4. The van der Waals surface area contributed by atoms with Crippen LogP contribution in [0.2, 0.25) is 5.02 Å². The Morgan fingerprint density at radius 3 is 2.62 bits per heavy atom. The average molecular weight is 411 g/mol. The third kappa shape index (κ3) is 4.45. The molecule has 3 nitrogen and oxygen atoms in total. The first kappa shape index (κ1) is 15.8. The summed E-state index contributed by atoms with van der Waals surface area (Å²) in [4.78, 5) is 12.2. The molecule has 0 aromatic heterocycles. The molecule has 106 valence electrons. The molecule has 5 heteroatoms. The van der Waals surface area contributed by atoms with Crippen molar-refractivity contribution in [1.82, 2.24) is 0 Å². The quantitative estimate of drug-likeness (QED) is 0.766. The van der Waals surface area contributed by atoms with Crippen molar-refractivity contribution >= 4 is 45.8 Å². The molecule has 0 heterocycles. The van der Waals surface area contributed by atoms with Gasteiger partial charge in [-0.3, -0.25) is 4.79 Å². The molecule has 0 radical (unpaired) electrons. The van der Waals surface area contributed by atoms with Crippen LogP contribution in [-0.2, 0) is 11.2 Å². The van der Waals surface area contributed by atoms with E-state index in [0.29, 0.717) is 17.1 Å². The Morgan fingerprint density at radius 2 is 2.00 bits per heavy atom. The van der Waals surface area contributed by atoms with Crippen LogP contribution < -0.4 is 5.32 Å². The van der Waals surface area contributed by atoms with Crippen LogP contribution in [0.15, 0.2) is 48.5 Å². The first-order chi connectivity index (χ1) is 10.1. The lowest BCUT2D eigenvalue weighted by atomic mass is 10.00. The van der Waals surface area contributed by atoms with E-state index in [1.165, 1.54) is 0 Å². The van der Waals surface area contributed by atoms with Crippen molar-refractivity contribution in [3.05, 3.63) is 62.7 Å². The number of nitrogens with zero attached hydrogens (tertiary/aromatic N) is 1. The van der Waals surface area contributed by atoms with E-state index >= 15 is 0 Å². The second-order valence-electron chi connectivity index (χ2n) is 4.48. The van der Waals surface area contributed by atoms with Gasteiger partial charge in [0.25, 0.3) is 0 Å². The van der Waals surface area contributed by atoms with Crippen LogP contribution in [0.3, 0.4) is 0 Å². The zero-order valence-corrected chi connectivity index (χ0v) is 13.9. The number of hydrogen-bond donors (Lipinski definition) is 1. The normalized spacial score (nSPS) is 11.5. The summed E-state index contributed by atoms with van der Waals surface area (Å²) in [5.74, 6) is -1.03. The van der Waals surface area contributed by atoms with Gasteiger partial charge in [0.05, 0.1) is 11.8 Å². The van der Waals surface area contributed by atoms with Gasteiger partial charge in [0.2, 0.25) is 5.91 Å². The van der Waals surface area contributed by atoms with Gasteiger partial charge in [-0.25, -0.2) is 0 Å². The van der Waals surface area contributed by atoms with Gasteiger partial charge in [0.1, 0.15) is 5.92 Å². The summed E-state index contributed by atoms with van der Waals surface area (Å²) < 4.78 is 0.838. The fourth-order valence-electron chi connectivity index (χ4n) is 1.86. The van der Waals surface area contributed by atoms with Crippen molar-refractivity contribution in [1.29, 1.82) is 5.26 Å². The van der Waals surface area contributed by atoms with Crippen LogP contribution in [-0.4, -0.2) is 5.91 Å². The number of anilines is 1. The van der Waals surface area contributed by atoms with Gasteiger partial charge in [0, 0.05) is 8.59 Å². The van der Waals surface area contributed by atoms with Gasteiger partial charge in [-0.05, 0) is 52.8 Å². The second-order valence-corrected chi connectivity index (χ2v) is 6.08. The number of hydrogen-bond acceptors (Lipinski definition) is 2. The molecular weight excluding hydrogens is 399 g/mol. The van der Waals surface area contributed by atoms with Gasteiger partial charge < -0.3 is 5.32 Å². The van der Waals surface area contributed by atoms with E-state index in [1.807, 2.05) is 30.3 Å². The first-order valence-corrected chi connectivity index (χ1v) is 7.75. The van der Waals surface area contributed by atoms with Crippen molar-refractivity contribution in [2.45, 2.75) is 6.42 Å². The van der Waals surface area contributed by atoms with Gasteiger partial charge in [-0.15, -0.1) is 0 Å². The molecule has 1 atom stereocenters. The standard InChI is InChI=1S/C16H12ClIN2O/c17-13-6-7-15(14(18)9-13)20-16(21)12(10-19)8-11-4-2-1-3-5-11/h1-7,9,12H,8H2,(H,20,21). The third-order valence-electron chi connectivity index (χ3n) is 2.94. The van der Waals surface area contributed by atoms with E-state index in [4.69, 9.17) is 11.6 Å². The van der Waals surface area contributed by atoms with E-state index in [-0.39, 0.29) is 5.91 Å². The summed E-state index contributed by atoms with van der Waals surface area (Å²) in [5, 5.41) is 12.6. The summed E-state index contributed by atoms with van der Waals surface area (Å²) in [7, 11) is 0. The fraction of sp³-hybridized carbons (Fsp3) is 0.125. The van der Waals surface area contributed by atoms with Gasteiger partial charge >= 0.3 is 0 Å². The number of benzene rings is 2. The predicted molar refractivity (Wildman–Crippen MR) is 92.0 cm³/mol. The van der Waals surface area contributed by atoms with Crippen LogP contribution in [0.5, 0.6) is 0 Å². The van der Waals surface area contributed by atoms with E-state index in [2.05, 4.69) is 34.0 Å². The van der Waals surface area contributed by atoms with Crippen LogP contribution in [0, 0.1) is 20.8 Å². The van der Waals surface area contributed by atoms with E-state index < -0.39 is 5.92 Å². The van der Waals surface area contributed by atoms with Crippen molar-refractivity contribution in [2.24, 2.45) is 5.92 Å². The van der Waals surface area contributed by atoms with Crippen LogP contribution in [0.4, 0.5) is 5.69 Å². The number of carbonyl (C=O) groups excluding carboxylic acids is 1. The minimum atomic E-state index is -0.723. The summed E-state index contributed by atoms with van der Waals surface area (Å²) >= 11 is 7.98. The fourth-order valence-corrected chi connectivity index (χ4v) is 2.86. The molecular formula is C16H12ClIN2O. The average Bonchev–Trinajstić information content (AvgIpc) is 2.48. The molecule has 0 aliphatic carbocycles. The molecule has 0 aliphatic rings. The molecule has 21 heavy (non-hydrogen) atoms. The second kappa shape index (κ2) is 7.43. The first-order valence-electron chi connectivity index (χ1n) is 6.29. The summed E-state index contributed by atoms with van der Waals surface area (Å²) in [6, 6.07) is 16.8. The number of carbonyl (C=O) groups is 1. The molecule has 0 saturated carbocycles. The van der Waals surface area contributed by atoms with Crippen molar-refractivity contribution < 1.29 is 4.79 Å². The molecule has 0 bridgehead atoms. The minimum Gasteiger partial charge on any atom is -0.324 e. The molecule has 1 unspecified atom stereocenters. The highest BCUT2D eigenvalue weighted by molar-refractivity contribution is 14.1. The largest absolute Gasteiger partial charge is 0.324 e. The van der Waals surface area contributed by atoms with Crippen molar-refractivity contribution in [3.63, 3.8) is 0 Å². The van der Waals surface area contributed by atoms with Gasteiger partial charge in [0.15, 0.2) is 0 Å². The van der Waals surface area contributed by atoms with Gasteiger partial charge in [-0.1, -0.05) is 41.9 Å². The molecule has 2 aromatic rings. The highest BCUT2D eigenvalue weighted by Crippen LogP contribution is 2.23. The molecule has 2 rings (SSSR count). The summed E-state index contributed by atoms with van der Waals surface area (Å²) in [5.41, 5.74) is 1.63. The van der Waals surface area contributed by atoms with E-state index in [0.717, 1.165) is 9.13 Å². The highest BCUT2D eigenvalue weighted by Gasteiger charge is 2.19. The maximum Gasteiger partial charge on any atom is 0.242 e. The molecule has 2 aromatic carbocycles. The van der Waals surface area contributed by atoms with Crippen molar-refractivity contribution in [3.8, 4) is 6.07 Å². The summed E-state index contributed by atoms with van der Waals surface area (Å²) in [6.07, 6.45) is 0.396. The molecule has 1 amide bonds. The number of amides is 1. The van der Waals surface area contributed by atoms with E-state index in [1.54, 1.807) is 18.2 Å². The Hall–Kier alpha value is -1.58. The smallest absolute Gasteiger partial charge is 0.242 e. The molecule has 0 fully saturated rings. The Bertz CT molecular complexity index is 682. The summed E-state index contributed by atoms with van der Waals surface area (Å²) in [6.45, 7) is 0. The Balaban J connectivity index is 2.09. The van der Waals surface area contributed by atoms with Crippen LogP contribution >= 0.6 is 34.2 Å². The SMILES string of the molecule is N#CC(Cc1ccccc1)C(=O)Nc1ccc(Cl)cc1I. The Kier molecular flexibility index (Phi) is 5.59. The zero-order valence-electron chi connectivity index (χ0n) is 11.0. The van der Waals surface area contributed by atoms with Crippen LogP contribution in [0.25, 0.3) is 0 Å². The maximum atomic E-state index is 12.2. The zero-order chi connectivity index (χ0) is 15.2. The molecule has 1 N–H and O–H groups in total. The topological polar surface area (TPSA) is 52.9 Å². The number of nitriles is 1. The predicted octanol–water partition coefficient (Wildman–Crippen LogP) is 4.27. The number of halogens is 2. The molecule has 0 aliphatic heterocycles. The third-order valence-corrected chi connectivity index (χ3v) is 4.07. The lowest BCUT2D eigenvalue weighted by molar-refractivity contribution is -0.118. The Morgan fingerprint density at radius 1 is 1.29 bits per heavy atom. The lowest BCUT2D eigenvalue weighted by Crippen LogP contribution is -2.23. The maximum absolute atomic E-state index is 12.2. The lowest BCUT2D eigenvalue weighted by Gasteiger charge is -2.12.